The van der Waals surface area contributed by atoms with Crippen LogP contribution in [0.1, 0.15) is 19.8 Å². The first-order valence-corrected chi connectivity index (χ1v) is 3.30. The summed E-state index contributed by atoms with van der Waals surface area (Å²) in [6.45, 7) is 2.84. The van der Waals surface area contributed by atoms with Crippen LogP contribution in [-0.2, 0) is 4.79 Å². The van der Waals surface area contributed by atoms with E-state index in [4.69, 9.17) is 6.42 Å². The third-order valence-corrected chi connectivity index (χ3v) is 0.988. The van der Waals surface area contributed by atoms with E-state index in [1.807, 2.05) is 5.92 Å². The minimum Gasteiger partial charge on any atom is -0.281 e. The van der Waals surface area contributed by atoms with Crippen LogP contribution in [0.2, 0.25) is 0 Å². The second-order valence-corrected chi connectivity index (χ2v) is 1.88. The average Bonchev–Trinajstić information content (AvgIpc) is 1.98. The van der Waals surface area contributed by atoms with Gasteiger partial charge in [0.25, 0.3) is 0 Å². The van der Waals surface area contributed by atoms with Gasteiger partial charge in [-0.2, -0.15) is 0 Å². The molecule has 0 saturated carbocycles. The van der Waals surface area contributed by atoms with Crippen LogP contribution in [0.5, 0.6) is 0 Å². The van der Waals surface area contributed by atoms with Crippen molar-refractivity contribution in [3.8, 4) is 12.3 Å². The van der Waals surface area contributed by atoms with Gasteiger partial charge >= 0.3 is 5.91 Å². The lowest BCUT2D eigenvalue weighted by atomic mass is 10.3. The Morgan fingerprint density at radius 3 is 2.90 bits per heavy atom. The molecule has 0 aliphatic carbocycles. The van der Waals surface area contributed by atoms with Crippen LogP contribution in [0.4, 0.5) is 0 Å². The SMILES string of the molecule is C#CC(=O)NNCCCC. The Hall–Kier alpha value is -1.01. The van der Waals surface area contributed by atoms with Crippen molar-refractivity contribution < 1.29 is 4.79 Å². The zero-order valence-corrected chi connectivity index (χ0v) is 6.11. The number of rotatable bonds is 4. The van der Waals surface area contributed by atoms with Gasteiger partial charge in [0, 0.05) is 6.54 Å². The monoisotopic (exact) mass is 140 g/mol. The van der Waals surface area contributed by atoms with Gasteiger partial charge in [-0.05, 0) is 12.3 Å². The second-order valence-electron chi connectivity index (χ2n) is 1.88. The van der Waals surface area contributed by atoms with Crippen molar-refractivity contribution in [1.29, 1.82) is 0 Å². The standard InChI is InChI=1S/C7H12N2O/c1-3-5-6-8-9-7(10)4-2/h2,8H,3,5-6H2,1H3,(H,9,10). The molecule has 0 saturated heterocycles. The average molecular weight is 140 g/mol. The van der Waals surface area contributed by atoms with Gasteiger partial charge in [-0.15, -0.1) is 6.42 Å². The van der Waals surface area contributed by atoms with Crippen LogP contribution in [0.25, 0.3) is 0 Å². The maximum atomic E-state index is 10.4. The molecule has 0 fully saturated rings. The molecular formula is C7H12N2O. The van der Waals surface area contributed by atoms with Gasteiger partial charge in [0.2, 0.25) is 0 Å². The molecule has 0 aromatic heterocycles. The first-order chi connectivity index (χ1) is 4.81. The smallest absolute Gasteiger partial charge is 0.281 e. The Balaban J connectivity index is 3.06. The molecule has 0 bridgehead atoms. The van der Waals surface area contributed by atoms with E-state index in [9.17, 15) is 4.79 Å². The van der Waals surface area contributed by atoms with E-state index in [0.29, 0.717) is 0 Å². The van der Waals surface area contributed by atoms with E-state index in [2.05, 4.69) is 17.8 Å². The first-order valence-electron chi connectivity index (χ1n) is 3.30. The molecule has 0 radical (unpaired) electrons. The van der Waals surface area contributed by atoms with Gasteiger partial charge in [0.05, 0.1) is 0 Å². The molecule has 3 nitrogen and oxygen atoms in total. The van der Waals surface area contributed by atoms with E-state index in [0.717, 1.165) is 19.4 Å². The van der Waals surface area contributed by atoms with Crippen LogP contribution in [-0.4, -0.2) is 12.5 Å². The van der Waals surface area contributed by atoms with Crippen LogP contribution in [0, 0.1) is 12.3 Å². The fourth-order valence-corrected chi connectivity index (χ4v) is 0.444. The lowest BCUT2D eigenvalue weighted by Gasteiger charge is -2.00. The zero-order valence-electron chi connectivity index (χ0n) is 6.11. The van der Waals surface area contributed by atoms with Crippen molar-refractivity contribution in [1.82, 2.24) is 10.9 Å². The first kappa shape index (κ1) is 8.99. The summed E-state index contributed by atoms with van der Waals surface area (Å²) >= 11 is 0. The third kappa shape index (κ3) is 5.13. The Bertz CT molecular complexity index is 137. The molecule has 10 heavy (non-hydrogen) atoms. The highest BCUT2D eigenvalue weighted by molar-refractivity contribution is 5.92. The van der Waals surface area contributed by atoms with Gasteiger partial charge in [-0.25, -0.2) is 5.43 Å². The van der Waals surface area contributed by atoms with Gasteiger partial charge in [0.15, 0.2) is 0 Å². The van der Waals surface area contributed by atoms with Crippen molar-refractivity contribution in [3.63, 3.8) is 0 Å². The fraction of sp³-hybridized carbons (Fsp3) is 0.571. The molecule has 0 spiro atoms. The maximum Gasteiger partial charge on any atom is 0.309 e. The quantitative estimate of drug-likeness (QED) is 0.329. The number of carbonyl (C=O) groups excluding carboxylic acids is 1. The highest BCUT2D eigenvalue weighted by atomic mass is 16.2. The normalized spacial score (nSPS) is 8.40. The predicted molar refractivity (Wildman–Crippen MR) is 39.9 cm³/mol. The predicted octanol–water partition coefficient (Wildman–Crippen LogP) is 0.0405. The molecule has 0 heterocycles. The molecular weight excluding hydrogens is 128 g/mol. The minimum atomic E-state index is -0.420. The molecule has 0 rings (SSSR count). The van der Waals surface area contributed by atoms with Crippen LogP contribution in [0.3, 0.4) is 0 Å². The van der Waals surface area contributed by atoms with Gasteiger partial charge in [0.1, 0.15) is 0 Å². The molecule has 56 valence electrons. The van der Waals surface area contributed by atoms with Crippen molar-refractivity contribution in [3.05, 3.63) is 0 Å². The Morgan fingerprint density at radius 1 is 1.70 bits per heavy atom. The van der Waals surface area contributed by atoms with Gasteiger partial charge in [-0.3, -0.25) is 10.2 Å². The molecule has 0 aliphatic heterocycles. The third-order valence-electron chi connectivity index (χ3n) is 0.988. The summed E-state index contributed by atoms with van der Waals surface area (Å²) in [7, 11) is 0. The van der Waals surface area contributed by atoms with E-state index in [-0.39, 0.29) is 0 Å². The van der Waals surface area contributed by atoms with E-state index < -0.39 is 5.91 Å². The zero-order chi connectivity index (χ0) is 7.82. The summed E-state index contributed by atoms with van der Waals surface area (Å²) in [5.41, 5.74) is 5.04. The van der Waals surface area contributed by atoms with Crippen LogP contribution in [0.15, 0.2) is 0 Å². The summed E-state index contributed by atoms with van der Waals surface area (Å²) in [5.74, 6) is 1.51. The fourth-order valence-electron chi connectivity index (χ4n) is 0.444. The summed E-state index contributed by atoms with van der Waals surface area (Å²) in [6, 6.07) is 0. The number of hydrogen-bond acceptors (Lipinski definition) is 2. The van der Waals surface area contributed by atoms with Crippen molar-refractivity contribution >= 4 is 5.91 Å². The largest absolute Gasteiger partial charge is 0.309 e. The number of amides is 1. The van der Waals surface area contributed by atoms with Crippen LogP contribution >= 0.6 is 0 Å². The topological polar surface area (TPSA) is 41.1 Å². The summed E-state index contributed by atoms with van der Waals surface area (Å²) in [4.78, 5) is 10.4. The number of hydrogen-bond donors (Lipinski definition) is 2. The summed E-state index contributed by atoms with van der Waals surface area (Å²) in [5, 5.41) is 0. The highest BCUT2D eigenvalue weighted by Crippen LogP contribution is 1.79. The van der Waals surface area contributed by atoms with Gasteiger partial charge in [-0.1, -0.05) is 13.3 Å². The van der Waals surface area contributed by atoms with E-state index >= 15 is 0 Å². The Kier molecular flexibility index (Phi) is 5.50. The van der Waals surface area contributed by atoms with Crippen molar-refractivity contribution in [2.45, 2.75) is 19.8 Å². The molecule has 0 atom stereocenters. The molecule has 0 aliphatic rings. The van der Waals surface area contributed by atoms with E-state index in [1.165, 1.54) is 0 Å². The lowest BCUT2D eigenvalue weighted by Crippen LogP contribution is -2.36. The number of nitrogens with one attached hydrogen (secondary N) is 2. The number of hydrazine groups is 1. The van der Waals surface area contributed by atoms with Crippen molar-refractivity contribution in [2.75, 3.05) is 6.54 Å². The number of carbonyl (C=O) groups is 1. The maximum absolute atomic E-state index is 10.4. The summed E-state index contributed by atoms with van der Waals surface area (Å²) in [6.07, 6.45) is 6.91. The Morgan fingerprint density at radius 2 is 2.40 bits per heavy atom. The highest BCUT2D eigenvalue weighted by Gasteiger charge is 1.89. The molecule has 3 heteroatoms. The number of unbranched alkanes of at least 4 members (excludes halogenated alkanes) is 1. The molecule has 2 N–H and O–H groups in total. The molecule has 0 aromatic rings. The number of terminal acetylenes is 1. The minimum absolute atomic E-state index is 0.420. The molecule has 1 amide bonds. The second kappa shape index (κ2) is 6.12. The Labute approximate surface area is 61.2 Å². The summed E-state index contributed by atoms with van der Waals surface area (Å²) < 4.78 is 0. The lowest BCUT2D eigenvalue weighted by molar-refractivity contribution is -0.116. The van der Waals surface area contributed by atoms with Crippen LogP contribution < -0.4 is 10.9 Å². The molecule has 0 unspecified atom stereocenters. The van der Waals surface area contributed by atoms with Crippen molar-refractivity contribution in [2.24, 2.45) is 0 Å². The van der Waals surface area contributed by atoms with Gasteiger partial charge < -0.3 is 0 Å². The van der Waals surface area contributed by atoms with E-state index in [1.54, 1.807) is 0 Å². The molecule has 0 aromatic carbocycles.